The van der Waals surface area contributed by atoms with E-state index < -0.39 is 58.5 Å². The predicted octanol–water partition coefficient (Wildman–Crippen LogP) is 8.02. The Hall–Kier alpha value is -6.55. The van der Waals surface area contributed by atoms with Crippen LogP contribution in [0.1, 0.15) is 88.0 Å². The highest BCUT2D eigenvalue weighted by Gasteiger charge is 2.39. The monoisotopic (exact) mass is 952 g/mol. The average Bonchev–Trinajstić information content (AvgIpc) is 3.65. The Bertz CT molecular complexity index is 2230. The average molecular weight is 953 g/mol. The van der Waals surface area contributed by atoms with Gasteiger partial charge in [-0.2, -0.15) is 0 Å². The van der Waals surface area contributed by atoms with Crippen LogP contribution in [-0.2, 0) is 44.8 Å². The Morgan fingerprint density at radius 3 is 1.71 bits per heavy atom. The van der Waals surface area contributed by atoms with Crippen molar-refractivity contribution in [1.29, 1.82) is 0 Å². The van der Waals surface area contributed by atoms with E-state index in [1.54, 1.807) is 32.9 Å². The third kappa shape index (κ3) is 13.5. The third-order valence-corrected chi connectivity index (χ3v) is 13.1. The lowest BCUT2D eigenvalue weighted by molar-refractivity contribution is -0.198. The first kappa shape index (κ1) is 52.4. The van der Waals surface area contributed by atoms with E-state index >= 15 is 0 Å². The number of likely N-dealkylation sites (N-methyl/N-ethyl adjacent to an activating group) is 2. The number of thioether (sulfide) groups is 1. The summed E-state index contributed by atoms with van der Waals surface area (Å²) in [6.07, 6.45) is 0.495. The van der Waals surface area contributed by atoms with Crippen LogP contribution in [0, 0.1) is 0 Å². The number of amides is 5. The molecule has 1 aliphatic rings. The fourth-order valence-electron chi connectivity index (χ4n) is 7.85. The first-order valence-corrected chi connectivity index (χ1v) is 23.7. The molecular weight excluding hydrogens is 889 g/mol. The second-order valence-corrected chi connectivity index (χ2v) is 18.7. The maximum absolute atomic E-state index is 15.0. The van der Waals surface area contributed by atoms with Gasteiger partial charge in [-0.05, 0) is 62.1 Å². The van der Waals surface area contributed by atoms with Gasteiger partial charge < -0.3 is 38.5 Å². The van der Waals surface area contributed by atoms with Gasteiger partial charge in [-0.1, -0.05) is 97.4 Å². The van der Waals surface area contributed by atoms with E-state index in [1.165, 1.54) is 50.1 Å². The number of ether oxygens (including phenoxy) is 4. The van der Waals surface area contributed by atoms with Gasteiger partial charge in [0.25, 0.3) is 11.8 Å². The zero-order valence-corrected chi connectivity index (χ0v) is 41.2. The van der Waals surface area contributed by atoms with Crippen LogP contribution < -0.4 is 14.2 Å². The number of nitrogens with zero attached hydrogens (tertiary/aromatic N) is 4. The lowest BCUT2D eigenvalue weighted by atomic mass is 9.84. The molecule has 0 bridgehead atoms. The fourth-order valence-corrected chi connectivity index (χ4v) is 9.41. The van der Waals surface area contributed by atoms with Crippen molar-refractivity contribution in [3.05, 3.63) is 125 Å². The molecule has 16 heteroatoms. The van der Waals surface area contributed by atoms with Gasteiger partial charge in [0, 0.05) is 64.6 Å². The van der Waals surface area contributed by atoms with E-state index in [0.29, 0.717) is 40.7 Å². The number of hydrogen-bond acceptors (Lipinski definition) is 12. The number of unbranched alkanes of at least 4 members (excludes halogenated alkanes) is 2. The number of rotatable bonds is 23. The number of imide groups is 1. The van der Waals surface area contributed by atoms with E-state index in [9.17, 15) is 28.8 Å². The molecule has 68 heavy (non-hydrogen) atoms. The number of hydrogen-bond donors (Lipinski definition) is 0. The highest BCUT2D eigenvalue weighted by Crippen LogP contribution is 2.48. The minimum absolute atomic E-state index is 0.0000182. The highest BCUT2D eigenvalue weighted by atomic mass is 32.2. The molecule has 0 saturated carbocycles. The molecule has 5 amide bonds. The first-order chi connectivity index (χ1) is 32.5. The van der Waals surface area contributed by atoms with Gasteiger partial charge in [0.1, 0.15) is 17.4 Å². The number of hydroxylamine groups is 2. The van der Waals surface area contributed by atoms with E-state index in [-0.39, 0.29) is 38.9 Å². The van der Waals surface area contributed by atoms with Crippen LogP contribution >= 0.6 is 11.8 Å². The molecule has 4 aromatic rings. The van der Waals surface area contributed by atoms with Crippen LogP contribution in [0.5, 0.6) is 17.2 Å². The molecule has 0 radical (unpaired) electrons. The highest BCUT2D eigenvalue weighted by molar-refractivity contribution is 8.00. The van der Waals surface area contributed by atoms with Gasteiger partial charge in [-0.3, -0.25) is 19.2 Å². The van der Waals surface area contributed by atoms with Crippen molar-refractivity contribution < 1.29 is 52.6 Å². The maximum Gasteiger partial charge on any atom is 0.410 e. The van der Waals surface area contributed by atoms with Crippen LogP contribution in [0.25, 0.3) is 0 Å². The molecule has 1 heterocycles. The molecule has 15 nitrogen and oxygen atoms in total. The molecule has 1 atom stereocenters. The van der Waals surface area contributed by atoms with Crippen LogP contribution in [0.3, 0.4) is 0 Å². The second-order valence-electron chi connectivity index (χ2n) is 17.4. The van der Waals surface area contributed by atoms with Crippen LogP contribution in [0.4, 0.5) is 4.79 Å². The molecule has 5 rings (SSSR count). The van der Waals surface area contributed by atoms with Crippen molar-refractivity contribution in [1.82, 2.24) is 19.8 Å². The lowest BCUT2D eigenvalue weighted by Crippen LogP contribution is -2.52. The van der Waals surface area contributed by atoms with Crippen molar-refractivity contribution in [2.75, 3.05) is 54.3 Å². The van der Waals surface area contributed by atoms with Gasteiger partial charge in [0.2, 0.25) is 11.8 Å². The first-order valence-electron chi connectivity index (χ1n) is 22.7. The van der Waals surface area contributed by atoms with Crippen LogP contribution in [0.2, 0.25) is 0 Å². The van der Waals surface area contributed by atoms with Crippen molar-refractivity contribution in [3.63, 3.8) is 0 Å². The van der Waals surface area contributed by atoms with Gasteiger partial charge >= 0.3 is 12.1 Å². The fraction of sp³-hybridized carbons (Fsp3) is 0.423. The van der Waals surface area contributed by atoms with Crippen molar-refractivity contribution in [2.45, 2.75) is 88.7 Å². The largest absolute Gasteiger partial charge is 0.496 e. The Balaban J connectivity index is 1.37. The zero-order chi connectivity index (χ0) is 49.4. The summed E-state index contributed by atoms with van der Waals surface area (Å²) in [6.45, 7) is 5.04. The summed E-state index contributed by atoms with van der Waals surface area (Å²) >= 11 is 1.84. The SMILES string of the molecule is COc1cc(OC)c(OC)cc1CN(CCN(C)C(=O)OC(C)(C)C)C(=O)[C@H](CC(=O)ON1C(=O)CCC1=O)N(C)C(=O)CCCCCSC(c1ccccc1)(c1ccccc1)c1ccccc1. The van der Waals surface area contributed by atoms with Gasteiger partial charge in [-0.25, -0.2) is 9.59 Å². The van der Waals surface area contributed by atoms with Crippen molar-refractivity contribution in [2.24, 2.45) is 0 Å². The van der Waals surface area contributed by atoms with Crippen LogP contribution in [0.15, 0.2) is 103 Å². The minimum Gasteiger partial charge on any atom is -0.496 e. The van der Waals surface area contributed by atoms with E-state index in [4.69, 9.17) is 23.8 Å². The smallest absolute Gasteiger partial charge is 0.410 e. The summed E-state index contributed by atoms with van der Waals surface area (Å²) < 4.78 is 21.8. The summed E-state index contributed by atoms with van der Waals surface area (Å²) in [4.78, 5) is 89.7. The Morgan fingerprint density at radius 2 is 1.21 bits per heavy atom. The van der Waals surface area contributed by atoms with E-state index in [2.05, 4.69) is 72.8 Å². The topological polar surface area (TPSA) is 162 Å². The molecule has 0 aromatic heterocycles. The predicted molar refractivity (Wildman–Crippen MR) is 259 cm³/mol. The lowest BCUT2D eigenvalue weighted by Gasteiger charge is -2.35. The molecule has 0 spiro atoms. The summed E-state index contributed by atoms with van der Waals surface area (Å²) in [6, 6.07) is 33.1. The number of carbonyl (C=O) groups excluding carboxylic acids is 6. The standard InChI is InChI=1S/C52H64N4O11S/c1-51(2,3)66-50(62)53(4)30-31-55(36-37-33-43(64-7)44(65-8)35-42(37)63-6)49(61)41(34-48(60)67-56-46(58)28-29-47(56)59)54(5)45(57)27-19-12-20-32-68-52(38-21-13-9-14-22-38,39-23-15-10-16-24-39)40-25-17-11-18-26-40/h9-11,13-18,21-26,33,35,41H,12,19-20,27-32,34,36H2,1-8H3/t41-/m0/s1. The Morgan fingerprint density at radius 1 is 0.691 bits per heavy atom. The summed E-state index contributed by atoms with van der Waals surface area (Å²) in [7, 11) is 7.38. The number of methoxy groups -OCH3 is 3. The molecule has 0 N–H and O–H groups in total. The molecule has 364 valence electrons. The number of carbonyl (C=O) groups is 6. The molecule has 1 fully saturated rings. The van der Waals surface area contributed by atoms with Gasteiger partial charge in [-0.15, -0.1) is 16.8 Å². The third-order valence-electron chi connectivity index (χ3n) is 11.5. The maximum atomic E-state index is 15.0. The molecule has 1 aliphatic heterocycles. The summed E-state index contributed by atoms with van der Waals surface area (Å²) in [5.74, 6) is -1.62. The minimum atomic E-state index is -1.44. The molecule has 4 aromatic carbocycles. The summed E-state index contributed by atoms with van der Waals surface area (Å²) in [5.41, 5.74) is 3.18. The number of benzene rings is 4. The van der Waals surface area contributed by atoms with Crippen molar-refractivity contribution >= 4 is 47.5 Å². The normalized spacial score (nSPS) is 13.1. The molecule has 1 saturated heterocycles. The van der Waals surface area contributed by atoms with E-state index in [0.717, 1.165) is 28.9 Å². The molecule has 0 unspecified atom stereocenters. The van der Waals surface area contributed by atoms with Crippen LogP contribution in [-0.4, -0.2) is 121 Å². The van der Waals surface area contributed by atoms with E-state index in [1.807, 2.05) is 30.0 Å². The second kappa shape index (κ2) is 24.5. The van der Waals surface area contributed by atoms with Crippen molar-refractivity contribution in [3.8, 4) is 17.2 Å². The zero-order valence-electron chi connectivity index (χ0n) is 40.4. The summed E-state index contributed by atoms with van der Waals surface area (Å²) in [5, 5.41) is 0.411. The Labute approximate surface area is 403 Å². The Kier molecular flexibility index (Phi) is 18.9. The molecular formula is C52H64N4O11S. The molecule has 0 aliphatic carbocycles. The van der Waals surface area contributed by atoms with Gasteiger partial charge in [0.05, 0.1) is 32.5 Å². The quantitative estimate of drug-likeness (QED) is 0.0401. The van der Waals surface area contributed by atoms with Gasteiger partial charge in [0.15, 0.2) is 11.5 Å².